The van der Waals surface area contributed by atoms with E-state index >= 15 is 0 Å². The van der Waals surface area contributed by atoms with Crippen molar-refractivity contribution in [3.05, 3.63) is 35.4 Å². The van der Waals surface area contributed by atoms with Crippen LogP contribution in [0.3, 0.4) is 0 Å². The molecule has 0 spiro atoms. The zero-order valence-corrected chi connectivity index (χ0v) is 11.7. The molecule has 1 atom stereocenters. The summed E-state index contributed by atoms with van der Waals surface area (Å²) in [6.45, 7) is 7.69. The van der Waals surface area contributed by atoms with Crippen LogP contribution in [0.5, 0.6) is 0 Å². The first-order valence-electron chi connectivity index (χ1n) is 6.51. The summed E-state index contributed by atoms with van der Waals surface area (Å²) in [6.07, 6.45) is 1.09. The molecular weight excluding hydrogens is 224 g/mol. The van der Waals surface area contributed by atoms with Gasteiger partial charge in [-0.3, -0.25) is 9.59 Å². The minimum atomic E-state index is -0.193. The maximum Gasteiger partial charge on any atom is 0.147 e. The fourth-order valence-corrected chi connectivity index (χ4v) is 2.00. The second-order valence-corrected chi connectivity index (χ2v) is 5.41. The van der Waals surface area contributed by atoms with Crippen molar-refractivity contribution in [2.45, 2.75) is 46.5 Å². The van der Waals surface area contributed by atoms with E-state index in [0.717, 1.165) is 12.0 Å². The molecule has 0 fully saturated rings. The van der Waals surface area contributed by atoms with E-state index in [1.165, 1.54) is 12.5 Å². The Morgan fingerprint density at radius 2 is 1.61 bits per heavy atom. The van der Waals surface area contributed by atoms with Gasteiger partial charge in [0.15, 0.2) is 0 Å². The van der Waals surface area contributed by atoms with Gasteiger partial charge in [-0.1, -0.05) is 45.0 Å². The lowest BCUT2D eigenvalue weighted by atomic mass is 9.92. The van der Waals surface area contributed by atoms with Crippen molar-refractivity contribution in [3.8, 4) is 0 Å². The molecule has 2 heteroatoms. The molecule has 0 heterocycles. The first kappa shape index (κ1) is 14.6. The zero-order valence-electron chi connectivity index (χ0n) is 11.7. The number of Topliss-reactive ketones (excluding diaryl/α,β-unsaturated/α-hetero) is 2. The van der Waals surface area contributed by atoms with Gasteiger partial charge < -0.3 is 0 Å². The SMILES string of the molecule is CC(=O)CC(=O)[C@H](C)c1ccc(CC(C)C)cc1. The van der Waals surface area contributed by atoms with Gasteiger partial charge in [-0.15, -0.1) is 0 Å². The van der Waals surface area contributed by atoms with Crippen LogP contribution in [0.1, 0.15) is 51.2 Å². The van der Waals surface area contributed by atoms with Crippen molar-refractivity contribution in [1.82, 2.24) is 0 Å². The smallest absolute Gasteiger partial charge is 0.147 e. The van der Waals surface area contributed by atoms with Crippen molar-refractivity contribution < 1.29 is 9.59 Å². The summed E-state index contributed by atoms with van der Waals surface area (Å²) in [6, 6.07) is 8.15. The number of ketones is 2. The van der Waals surface area contributed by atoms with Gasteiger partial charge in [-0.05, 0) is 30.4 Å². The van der Waals surface area contributed by atoms with Crippen LogP contribution >= 0.6 is 0 Å². The third kappa shape index (κ3) is 4.44. The number of carbonyl (C=O) groups excluding carboxylic acids is 2. The Labute approximate surface area is 109 Å². The van der Waals surface area contributed by atoms with Crippen LogP contribution in [0.25, 0.3) is 0 Å². The third-order valence-corrected chi connectivity index (χ3v) is 3.03. The molecule has 0 saturated heterocycles. The van der Waals surface area contributed by atoms with Gasteiger partial charge in [0.05, 0.1) is 6.42 Å². The molecule has 1 aromatic rings. The first-order valence-corrected chi connectivity index (χ1v) is 6.51. The molecule has 1 aromatic carbocycles. The highest BCUT2D eigenvalue weighted by atomic mass is 16.1. The summed E-state index contributed by atoms with van der Waals surface area (Å²) in [4.78, 5) is 22.7. The summed E-state index contributed by atoms with van der Waals surface area (Å²) >= 11 is 0. The quantitative estimate of drug-likeness (QED) is 0.719. The second-order valence-electron chi connectivity index (χ2n) is 5.41. The van der Waals surface area contributed by atoms with Crippen LogP contribution in [0, 0.1) is 5.92 Å². The number of hydrogen-bond acceptors (Lipinski definition) is 2. The zero-order chi connectivity index (χ0) is 13.7. The fourth-order valence-electron chi connectivity index (χ4n) is 2.00. The Kier molecular flexibility index (Phi) is 5.26. The molecule has 98 valence electrons. The predicted molar refractivity (Wildman–Crippen MR) is 73.7 cm³/mol. The second kappa shape index (κ2) is 6.48. The molecule has 1 rings (SSSR count). The molecule has 0 unspecified atom stereocenters. The van der Waals surface area contributed by atoms with Crippen LogP contribution in [0.15, 0.2) is 24.3 Å². The highest BCUT2D eigenvalue weighted by Crippen LogP contribution is 2.19. The van der Waals surface area contributed by atoms with E-state index in [9.17, 15) is 9.59 Å². The minimum absolute atomic E-state index is 0.000824. The number of rotatable bonds is 6. The summed E-state index contributed by atoms with van der Waals surface area (Å²) in [7, 11) is 0. The molecule has 18 heavy (non-hydrogen) atoms. The molecule has 0 aromatic heterocycles. The molecule has 0 aliphatic carbocycles. The molecule has 0 N–H and O–H groups in total. The minimum Gasteiger partial charge on any atom is -0.300 e. The molecule has 0 saturated carbocycles. The third-order valence-electron chi connectivity index (χ3n) is 3.03. The standard InChI is InChI=1S/C16H22O2/c1-11(2)9-14-5-7-15(8-6-14)13(4)16(18)10-12(3)17/h5-8,11,13H,9-10H2,1-4H3/t13-/m1/s1. The summed E-state index contributed by atoms with van der Waals surface area (Å²) in [5.74, 6) is 0.372. The van der Waals surface area contributed by atoms with E-state index in [2.05, 4.69) is 26.0 Å². The summed E-state index contributed by atoms with van der Waals surface area (Å²) in [5.41, 5.74) is 2.29. The van der Waals surface area contributed by atoms with Gasteiger partial charge in [0.1, 0.15) is 11.6 Å². The van der Waals surface area contributed by atoms with Gasteiger partial charge in [0.25, 0.3) is 0 Å². The van der Waals surface area contributed by atoms with Crippen LogP contribution in [-0.4, -0.2) is 11.6 Å². The Balaban J connectivity index is 2.72. The Morgan fingerprint density at radius 1 is 1.06 bits per heavy atom. The monoisotopic (exact) mass is 246 g/mol. The number of benzene rings is 1. The molecule has 0 aliphatic rings. The Morgan fingerprint density at radius 3 is 2.06 bits per heavy atom. The van der Waals surface area contributed by atoms with Crippen molar-refractivity contribution in [3.63, 3.8) is 0 Å². The van der Waals surface area contributed by atoms with E-state index in [1.807, 2.05) is 19.1 Å². The highest BCUT2D eigenvalue weighted by Gasteiger charge is 2.16. The maximum atomic E-state index is 11.8. The molecular formula is C16H22O2. The summed E-state index contributed by atoms with van der Waals surface area (Å²) in [5, 5.41) is 0. The summed E-state index contributed by atoms with van der Waals surface area (Å²) < 4.78 is 0. The normalized spacial score (nSPS) is 12.5. The Hall–Kier alpha value is -1.44. The van der Waals surface area contributed by atoms with Gasteiger partial charge >= 0.3 is 0 Å². The lowest BCUT2D eigenvalue weighted by Crippen LogP contribution is -2.12. The molecule has 0 amide bonds. The molecule has 0 bridgehead atoms. The topological polar surface area (TPSA) is 34.1 Å². The average Bonchev–Trinajstić information content (AvgIpc) is 2.27. The van der Waals surface area contributed by atoms with Crippen LogP contribution in [0.4, 0.5) is 0 Å². The van der Waals surface area contributed by atoms with E-state index in [-0.39, 0.29) is 23.9 Å². The van der Waals surface area contributed by atoms with Gasteiger partial charge in [-0.25, -0.2) is 0 Å². The average molecular weight is 246 g/mol. The van der Waals surface area contributed by atoms with Crippen molar-refractivity contribution in [2.75, 3.05) is 0 Å². The van der Waals surface area contributed by atoms with E-state index < -0.39 is 0 Å². The van der Waals surface area contributed by atoms with Gasteiger partial charge in [0, 0.05) is 5.92 Å². The lowest BCUT2D eigenvalue weighted by molar-refractivity contribution is -0.126. The lowest BCUT2D eigenvalue weighted by Gasteiger charge is -2.11. The van der Waals surface area contributed by atoms with E-state index in [0.29, 0.717) is 5.92 Å². The van der Waals surface area contributed by atoms with E-state index in [1.54, 1.807) is 0 Å². The largest absolute Gasteiger partial charge is 0.300 e. The predicted octanol–water partition coefficient (Wildman–Crippen LogP) is 3.54. The number of carbonyl (C=O) groups is 2. The van der Waals surface area contributed by atoms with Gasteiger partial charge in [0.2, 0.25) is 0 Å². The maximum absolute atomic E-state index is 11.8. The molecule has 2 nitrogen and oxygen atoms in total. The van der Waals surface area contributed by atoms with Crippen molar-refractivity contribution in [2.24, 2.45) is 5.92 Å². The van der Waals surface area contributed by atoms with Crippen LogP contribution < -0.4 is 0 Å². The first-order chi connectivity index (χ1) is 8.40. The van der Waals surface area contributed by atoms with Crippen molar-refractivity contribution in [1.29, 1.82) is 0 Å². The van der Waals surface area contributed by atoms with Crippen LogP contribution in [0.2, 0.25) is 0 Å². The van der Waals surface area contributed by atoms with Gasteiger partial charge in [-0.2, -0.15) is 0 Å². The van der Waals surface area contributed by atoms with Crippen molar-refractivity contribution >= 4 is 11.6 Å². The van der Waals surface area contributed by atoms with E-state index in [4.69, 9.17) is 0 Å². The number of hydrogen-bond donors (Lipinski definition) is 0. The fraction of sp³-hybridized carbons (Fsp3) is 0.500. The Bertz CT molecular complexity index is 415. The molecule has 0 radical (unpaired) electrons. The van der Waals surface area contributed by atoms with Crippen LogP contribution in [-0.2, 0) is 16.0 Å². The molecule has 0 aliphatic heterocycles. The highest BCUT2D eigenvalue weighted by molar-refractivity contribution is 6.00.